The van der Waals surface area contributed by atoms with Gasteiger partial charge >= 0.3 is 35.9 Å². The molecule has 2 heterocycles. The maximum atomic E-state index is 15.1. The molecule has 0 radical (unpaired) electrons. The highest BCUT2D eigenvalue weighted by Crippen LogP contribution is 2.57. The molecule has 2 aliphatic heterocycles. The summed E-state index contributed by atoms with van der Waals surface area (Å²) in [5.74, 6) is 0. The lowest BCUT2D eigenvalue weighted by Crippen LogP contribution is -2.55. The van der Waals surface area contributed by atoms with Crippen molar-refractivity contribution < 1.29 is 77.1 Å². The van der Waals surface area contributed by atoms with E-state index in [-0.39, 0.29) is 25.3 Å². The predicted molar refractivity (Wildman–Crippen MR) is 86.6 cm³/mol. The third-order valence-electron chi connectivity index (χ3n) is 5.30. The summed E-state index contributed by atoms with van der Waals surface area (Å²) in [5, 5.41) is 17.4. The summed E-state index contributed by atoms with van der Waals surface area (Å²) >= 11 is 0. The monoisotopic (exact) mass is 538 g/mol. The van der Waals surface area contributed by atoms with Crippen LogP contribution in [0.25, 0.3) is 0 Å². The minimum Gasteiger partial charge on any atom is -0.371 e. The van der Waals surface area contributed by atoms with E-state index in [2.05, 4.69) is 0 Å². The fraction of sp³-hybridized carbons (Fsp3) is 0.667. The van der Waals surface area contributed by atoms with E-state index in [1.165, 1.54) is 0 Å². The van der Waals surface area contributed by atoms with Gasteiger partial charge in [-0.05, 0) is 11.6 Å². The first kappa shape index (κ1) is 27.8. The fourth-order valence-corrected chi connectivity index (χ4v) is 3.31. The minimum absolute atomic E-state index is 0.00237. The van der Waals surface area contributed by atoms with E-state index in [4.69, 9.17) is 24.4 Å². The first-order valence-corrected chi connectivity index (χ1v) is 9.37. The van der Waals surface area contributed by atoms with Crippen molar-refractivity contribution in [3.05, 3.63) is 34.9 Å². The largest absolute Gasteiger partial charge is 0.435 e. The van der Waals surface area contributed by atoms with Crippen LogP contribution in [0, 0.1) is 0 Å². The highest BCUT2D eigenvalue weighted by Gasteiger charge is 2.75. The predicted octanol–water partition coefficient (Wildman–Crippen LogP) is 4.17. The Morgan fingerprint density at radius 3 is 1.66 bits per heavy atom. The molecule has 1 aromatic rings. The van der Waals surface area contributed by atoms with Crippen LogP contribution in [-0.2, 0) is 25.5 Å². The maximum Gasteiger partial charge on any atom is 0.435 e. The van der Waals surface area contributed by atoms with Gasteiger partial charge in [-0.15, -0.1) is 0 Å². The summed E-state index contributed by atoms with van der Waals surface area (Å²) < 4.78 is 179. The summed E-state index contributed by atoms with van der Waals surface area (Å²) in [5.41, 5.74) is -18.8. The van der Waals surface area contributed by atoms with Crippen LogP contribution >= 0.6 is 0 Å². The van der Waals surface area contributed by atoms with Crippen LogP contribution in [0.1, 0.15) is 22.8 Å². The Morgan fingerprint density at radius 1 is 0.800 bits per heavy atom. The number of aliphatic hydroxyl groups is 2. The lowest BCUT2D eigenvalue weighted by Gasteiger charge is -2.36. The Balaban J connectivity index is 2.31. The standard InChI is InChI=1S/C18H14F12O5/c19-13(15(21,22)23,17(27,28)31)7-1-2-9(12(11-6-34-11)35-5-8-4-33-8)10(3-7)14(20,16(24,25)26)18(29,30)32/h1-3,8,11-12,31-32H,4-6H2. The molecule has 17 heteroatoms. The van der Waals surface area contributed by atoms with Crippen molar-refractivity contribution in [3.63, 3.8) is 0 Å². The first-order valence-electron chi connectivity index (χ1n) is 9.37. The highest BCUT2D eigenvalue weighted by atomic mass is 19.4. The van der Waals surface area contributed by atoms with Crippen LogP contribution in [-0.4, -0.2) is 66.8 Å². The van der Waals surface area contributed by atoms with Crippen LogP contribution in [0.15, 0.2) is 18.2 Å². The zero-order chi connectivity index (χ0) is 26.8. The molecule has 0 bridgehead atoms. The maximum absolute atomic E-state index is 15.1. The van der Waals surface area contributed by atoms with Crippen molar-refractivity contribution >= 4 is 0 Å². The second-order valence-electron chi connectivity index (χ2n) is 7.78. The third-order valence-corrected chi connectivity index (χ3v) is 5.30. The van der Waals surface area contributed by atoms with E-state index < -0.39 is 83.6 Å². The molecule has 0 aromatic heterocycles. The van der Waals surface area contributed by atoms with Gasteiger partial charge in [0, 0.05) is 11.1 Å². The molecule has 5 nitrogen and oxygen atoms in total. The number of halogens is 12. The molecule has 0 aliphatic carbocycles. The van der Waals surface area contributed by atoms with E-state index in [1.54, 1.807) is 0 Å². The number of ether oxygens (including phenoxy) is 3. The van der Waals surface area contributed by atoms with E-state index in [0.717, 1.165) is 0 Å². The summed E-state index contributed by atoms with van der Waals surface area (Å²) in [6, 6.07) is -1.13. The number of hydrogen-bond donors (Lipinski definition) is 2. The molecule has 5 atom stereocenters. The van der Waals surface area contributed by atoms with Gasteiger partial charge in [-0.2, -0.15) is 43.9 Å². The van der Waals surface area contributed by atoms with Gasteiger partial charge in [0.2, 0.25) is 0 Å². The van der Waals surface area contributed by atoms with Crippen LogP contribution in [0.3, 0.4) is 0 Å². The van der Waals surface area contributed by atoms with Gasteiger partial charge < -0.3 is 24.4 Å². The van der Waals surface area contributed by atoms with Gasteiger partial charge in [-0.1, -0.05) is 12.1 Å². The molecule has 5 unspecified atom stereocenters. The van der Waals surface area contributed by atoms with Crippen LogP contribution in [0.2, 0.25) is 0 Å². The van der Waals surface area contributed by atoms with Crippen molar-refractivity contribution in [3.8, 4) is 0 Å². The van der Waals surface area contributed by atoms with Crippen LogP contribution < -0.4 is 0 Å². The summed E-state index contributed by atoms with van der Waals surface area (Å²) in [7, 11) is 0. The molecule has 0 saturated carbocycles. The first-order chi connectivity index (χ1) is 15.7. The number of rotatable bonds is 9. The lowest BCUT2D eigenvalue weighted by molar-refractivity contribution is -0.377. The molecule has 2 N–H and O–H groups in total. The van der Waals surface area contributed by atoms with E-state index in [0.29, 0.717) is 0 Å². The number of epoxide rings is 2. The summed E-state index contributed by atoms with van der Waals surface area (Å²) in [4.78, 5) is 0. The van der Waals surface area contributed by atoms with Gasteiger partial charge in [-0.3, -0.25) is 0 Å². The van der Waals surface area contributed by atoms with E-state index in [9.17, 15) is 48.3 Å². The number of hydrogen-bond acceptors (Lipinski definition) is 5. The second kappa shape index (κ2) is 8.36. The second-order valence-corrected chi connectivity index (χ2v) is 7.78. The highest BCUT2D eigenvalue weighted by molar-refractivity contribution is 5.44. The molecular weight excluding hydrogens is 524 g/mol. The third kappa shape index (κ3) is 4.80. The average molecular weight is 538 g/mol. The van der Waals surface area contributed by atoms with Crippen molar-refractivity contribution in [2.75, 3.05) is 19.8 Å². The van der Waals surface area contributed by atoms with Gasteiger partial charge in [0.15, 0.2) is 0 Å². The average Bonchev–Trinajstić information content (AvgIpc) is 3.57. The van der Waals surface area contributed by atoms with Crippen molar-refractivity contribution in [1.82, 2.24) is 0 Å². The Bertz CT molecular complexity index is 900. The molecule has 35 heavy (non-hydrogen) atoms. The topological polar surface area (TPSA) is 74.8 Å². The Hall–Kier alpha value is -1.82. The molecule has 0 spiro atoms. The molecule has 200 valence electrons. The van der Waals surface area contributed by atoms with Gasteiger partial charge in [-0.25, -0.2) is 8.78 Å². The Labute approximate surface area is 187 Å². The smallest absolute Gasteiger partial charge is 0.371 e. The molecule has 1 aromatic carbocycles. The van der Waals surface area contributed by atoms with E-state index in [1.807, 2.05) is 0 Å². The van der Waals surface area contributed by atoms with Gasteiger partial charge in [0.05, 0.1) is 19.8 Å². The van der Waals surface area contributed by atoms with Gasteiger partial charge in [0.25, 0.3) is 0 Å². The van der Waals surface area contributed by atoms with Crippen molar-refractivity contribution in [2.45, 2.75) is 54.2 Å². The van der Waals surface area contributed by atoms with Gasteiger partial charge in [0.1, 0.15) is 18.3 Å². The van der Waals surface area contributed by atoms with E-state index >= 15 is 4.39 Å². The van der Waals surface area contributed by atoms with Crippen molar-refractivity contribution in [1.29, 1.82) is 0 Å². The molecule has 3 rings (SSSR count). The number of benzene rings is 1. The lowest BCUT2D eigenvalue weighted by atomic mass is 9.82. The normalized spacial score (nSPS) is 25.5. The molecular formula is C18H14F12O5. The molecule has 2 fully saturated rings. The quantitative estimate of drug-likeness (QED) is 0.365. The molecule has 2 aliphatic rings. The molecule has 0 amide bonds. The SMILES string of the molecule is OC(F)(F)C(F)(c1ccc(C(OCC2CO2)C2CO2)c(C(F)(C(O)(F)F)C(F)(F)F)c1)C(F)(F)F. The minimum atomic E-state index is -6.79. The van der Waals surface area contributed by atoms with Crippen molar-refractivity contribution in [2.24, 2.45) is 0 Å². The zero-order valence-electron chi connectivity index (χ0n) is 16.7. The summed E-state index contributed by atoms with van der Waals surface area (Å²) in [6.07, 6.45) is -30.1. The van der Waals surface area contributed by atoms with Crippen LogP contribution in [0.5, 0.6) is 0 Å². The Morgan fingerprint density at radius 2 is 1.29 bits per heavy atom. The molecule has 2 saturated heterocycles. The van der Waals surface area contributed by atoms with Crippen LogP contribution in [0.4, 0.5) is 52.7 Å². The summed E-state index contributed by atoms with van der Waals surface area (Å²) in [6.45, 7) is -0.630. The zero-order valence-corrected chi connectivity index (χ0v) is 16.7. The fourth-order valence-electron chi connectivity index (χ4n) is 3.31. The number of alkyl halides is 12. The Kier molecular flexibility index (Phi) is 6.63.